The molecular formula is C25H29FN4O3. The first-order chi connectivity index (χ1) is 15.9. The molecule has 2 heterocycles. The second-order valence-corrected chi connectivity index (χ2v) is 8.45. The fourth-order valence-electron chi connectivity index (χ4n) is 4.45. The molecule has 0 saturated carbocycles. The molecule has 174 valence electrons. The van der Waals surface area contributed by atoms with Gasteiger partial charge in [-0.1, -0.05) is 24.3 Å². The molecular weight excluding hydrogens is 423 g/mol. The van der Waals surface area contributed by atoms with E-state index in [4.69, 9.17) is 4.74 Å². The van der Waals surface area contributed by atoms with Gasteiger partial charge in [0.15, 0.2) is 0 Å². The van der Waals surface area contributed by atoms with Crippen LogP contribution in [0.25, 0.3) is 0 Å². The topological polar surface area (TPSA) is 73.9 Å². The summed E-state index contributed by atoms with van der Waals surface area (Å²) in [6, 6.07) is 11.0. The van der Waals surface area contributed by atoms with Crippen LogP contribution in [-0.4, -0.2) is 56.7 Å². The average Bonchev–Trinajstić information content (AvgIpc) is 2.81. The minimum Gasteiger partial charge on any atom is -0.466 e. The second-order valence-electron chi connectivity index (χ2n) is 8.45. The van der Waals surface area contributed by atoms with Crippen LogP contribution in [0.2, 0.25) is 0 Å². The molecule has 2 aliphatic rings. The maximum atomic E-state index is 13.4. The number of carbonyl (C=O) groups excluding carboxylic acids is 2. The summed E-state index contributed by atoms with van der Waals surface area (Å²) in [5, 5.41) is 5.57. The van der Waals surface area contributed by atoms with Crippen molar-refractivity contribution in [2.24, 2.45) is 0 Å². The number of benzene rings is 2. The van der Waals surface area contributed by atoms with Crippen LogP contribution in [0.15, 0.2) is 53.7 Å². The van der Waals surface area contributed by atoms with Gasteiger partial charge in [-0.25, -0.2) is 14.0 Å². The summed E-state index contributed by atoms with van der Waals surface area (Å²) in [5.74, 6) is -0.912. The van der Waals surface area contributed by atoms with Crippen LogP contribution in [0.1, 0.15) is 22.7 Å². The highest BCUT2D eigenvalue weighted by molar-refractivity contribution is 5.95. The van der Waals surface area contributed by atoms with Crippen molar-refractivity contribution in [1.82, 2.24) is 15.5 Å². The number of urea groups is 1. The van der Waals surface area contributed by atoms with Crippen LogP contribution in [0.5, 0.6) is 0 Å². The summed E-state index contributed by atoms with van der Waals surface area (Å²) in [7, 11) is 1.31. The Balaban J connectivity index is 1.54. The van der Waals surface area contributed by atoms with Crippen LogP contribution in [0.3, 0.4) is 0 Å². The van der Waals surface area contributed by atoms with Gasteiger partial charge < -0.3 is 20.3 Å². The molecule has 0 aliphatic carbocycles. The SMILES string of the molecule is COC(=O)C1=C(CN2CCN(c3cccc(C)c3C)CC2)NC(=O)N[C@H]1c1ccc(F)cc1. The first-order valence-electron chi connectivity index (χ1n) is 11.0. The molecule has 1 atom stereocenters. The Labute approximate surface area is 193 Å². The maximum absolute atomic E-state index is 13.4. The Morgan fingerprint density at radius 2 is 1.79 bits per heavy atom. The van der Waals surface area contributed by atoms with E-state index in [9.17, 15) is 14.0 Å². The molecule has 2 aromatic rings. The zero-order valence-electron chi connectivity index (χ0n) is 19.2. The smallest absolute Gasteiger partial charge is 0.338 e. The Bertz CT molecular complexity index is 1080. The lowest BCUT2D eigenvalue weighted by Crippen LogP contribution is -2.51. The highest BCUT2D eigenvalue weighted by atomic mass is 19.1. The molecule has 2 aromatic carbocycles. The number of aryl methyl sites for hydroxylation is 1. The molecule has 1 saturated heterocycles. The zero-order valence-corrected chi connectivity index (χ0v) is 19.2. The molecule has 0 bridgehead atoms. The minimum atomic E-state index is -0.710. The van der Waals surface area contributed by atoms with Gasteiger partial charge in [0.2, 0.25) is 0 Å². The molecule has 33 heavy (non-hydrogen) atoms. The van der Waals surface area contributed by atoms with Crippen LogP contribution in [-0.2, 0) is 9.53 Å². The minimum absolute atomic E-state index is 0.334. The van der Waals surface area contributed by atoms with Gasteiger partial charge in [0.1, 0.15) is 5.82 Å². The van der Waals surface area contributed by atoms with E-state index in [-0.39, 0.29) is 5.82 Å². The molecule has 4 rings (SSSR count). The Morgan fingerprint density at radius 3 is 2.45 bits per heavy atom. The molecule has 2 amide bonds. The van der Waals surface area contributed by atoms with E-state index in [1.807, 2.05) is 0 Å². The first-order valence-corrected chi connectivity index (χ1v) is 11.0. The number of nitrogens with zero attached hydrogens (tertiary/aromatic N) is 2. The van der Waals surface area contributed by atoms with E-state index in [0.717, 1.165) is 26.2 Å². The lowest BCUT2D eigenvalue weighted by Gasteiger charge is -2.38. The number of ether oxygens (including phenoxy) is 1. The number of anilines is 1. The lowest BCUT2D eigenvalue weighted by molar-refractivity contribution is -0.136. The van der Waals surface area contributed by atoms with Crippen molar-refractivity contribution in [3.05, 3.63) is 76.2 Å². The summed E-state index contributed by atoms with van der Waals surface area (Å²) in [5.41, 5.74) is 5.27. The third kappa shape index (κ3) is 4.85. The molecule has 2 aliphatic heterocycles. The highest BCUT2D eigenvalue weighted by Gasteiger charge is 2.34. The predicted octanol–water partition coefficient (Wildman–Crippen LogP) is 3.05. The number of nitrogens with one attached hydrogen (secondary N) is 2. The van der Waals surface area contributed by atoms with Crippen molar-refractivity contribution < 1.29 is 18.7 Å². The van der Waals surface area contributed by atoms with Gasteiger partial charge in [-0.2, -0.15) is 0 Å². The number of hydrogen-bond donors (Lipinski definition) is 2. The number of carbonyl (C=O) groups is 2. The van der Waals surface area contributed by atoms with Crippen molar-refractivity contribution in [2.45, 2.75) is 19.9 Å². The number of rotatable bonds is 5. The molecule has 8 heteroatoms. The molecule has 0 aromatic heterocycles. The second kappa shape index (κ2) is 9.62. The van der Waals surface area contributed by atoms with E-state index in [1.54, 1.807) is 12.1 Å². The first kappa shape index (κ1) is 22.8. The molecule has 2 N–H and O–H groups in total. The Morgan fingerprint density at radius 1 is 1.09 bits per heavy atom. The number of esters is 1. The summed E-state index contributed by atoms with van der Waals surface area (Å²) in [6.45, 7) is 7.94. The van der Waals surface area contributed by atoms with Crippen LogP contribution in [0.4, 0.5) is 14.9 Å². The summed E-state index contributed by atoms with van der Waals surface area (Å²) < 4.78 is 18.5. The standard InChI is InChI=1S/C25H29FN4O3/c1-16-5-4-6-21(17(16)2)30-13-11-29(12-14-30)15-20-22(24(31)33-3)23(28-25(32)27-20)18-7-9-19(26)10-8-18/h4-10,23H,11-15H2,1-3H3,(H2,27,28,32)/t23-/m0/s1. The van der Waals surface area contributed by atoms with Crippen molar-refractivity contribution in [2.75, 3.05) is 44.7 Å². The lowest BCUT2D eigenvalue weighted by atomic mass is 9.95. The summed E-state index contributed by atoms with van der Waals surface area (Å²) in [6.07, 6.45) is 0. The Hall–Kier alpha value is -3.39. The van der Waals surface area contributed by atoms with E-state index in [0.29, 0.717) is 23.4 Å². The van der Waals surface area contributed by atoms with Gasteiger partial charge in [-0.3, -0.25) is 4.90 Å². The van der Waals surface area contributed by atoms with E-state index < -0.39 is 18.0 Å². The number of amides is 2. The summed E-state index contributed by atoms with van der Waals surface area (Å²) in [4.78, 5) is 29.7. The number of methoxy groups -OCH3 is 1. The van der Waals surface area contributed by atoms with E-state index in [2.05, 4.69) is 52.5 Å². The zero-order chi connectivity index (χ0) is 23.5. The van der Waals surface area contributed by atoms with Crippen molar-refractivity contribution in [3.8, 4) is 0 Å². The van der Waals surface area contributed by atoms with Crippen molar-refractivity contribution >= 4 is 17.7 Å². The van der Waals surface area contributed by atoms with Gasteiger partial charge >= 0.3 is 12.0 Å². The van der Waals surface area contributed by atoms with Crippen molar-refractivity contribution in [1.29, 1.82) is 0 Å². The van der Waals surface area contributed by atoms with E-state index in [1.165, 1.54) is 36.1 Å². The Kier molecular flexibility index (Phi) is 6.65. The fourth-order valence-corrected chi connectivity index (χ4v) is 4.45. The number of hydrogen-bond acceptors (Lipinski definition) is 5. The van der Waals surface area contributed by atoms with Crippen LogP contribution >= 0.6 is 0 Å². The third-order valence-electron chi connectivity index (χ3n) is 6.43. The van der Waals surface area contributed by atoms with Crippen LogP contribution < -0.4 is 15.5 Å². The fraction of sp³-hybridized carbons (Fsp3) is 0.360. The summed E-state index contributed by atoms with van der Waals surface area (Å²) >= 11 is 0. The largest absolute Gasteiger partial charge is 0.466 e. The monoisotopic (exact) mass is 452 g/mol. The third-order valence-corrected chi connectivity index (χ3v) is 6.43. The highest BCUT2D eigenvalue weighted by Crippen LogP contribution is 2.29. The normalized spacial score (nSPS) is 19.2. The van der Waals surface area contributed by atoms with Gasteiger partial charge in [0, 0.05) is 44.1 Å². The predicted molar refractivity (Wildman–Crippen MR) is 124 cm³/mol. The number of piperazine rings is 1. The number of halogens is 1. The molecule has 0 spiro atoms. The van der Waals surface area contributed by atoms with Crippen molar-refractivity contribution in [3.63, 3.8) is 0 Å². The van der Waals surface area contributed by atoms with Gasteiger partial charge in [0.25, 0.3) is 0 Å². The average molecular weight is 453 g/mol. The molecule has 0 unspecified atom stereocenters. The van der Waals surface area contributed by atoms with E-state index >= 15 is 0 Å². The maximum Gasteiger partial charge on any atom is 0.338 e. The van der Waals surface area contributed by atoms with Gasteiger partial charge in [0.05, 0.1) is 18.7 Å². The van der Waals surface area contributed by atoms with Gasteiger partial charge in [-0.05, 0) is 48.7 Å². The molecule has 1 fully saturated rings. The molecule has 0 radical (unpaired) electrons. The molecule has 7 nitrogen and oxygen atoms in total. The van der Waals surface area contributed by atoms with Gasteiger partial charge in [-0.15, -0.1) is 0 Å². The van der Waals surface area contributed by atoms with Crippen LogP contribution in [0, 0.1) is 19.7 Å². The quantitative estimate of drug-likeness (QED) is 0.683.